The summed E-state index contributed by atoms with van der Waals surface area (Å²) in [6.07, 6.45) is 7.27. The molecule has 4 aliphatic rings. The Bertz CT molecular complexity index is 1100. The van der Waals surface area contributed by atoms with Crippen LogP contribution in [-0.4, -0.2) is 68.9 Å². The van der Waals surface area contributed by atoms with Crippen LogP contribution >= 0.6 is 0 Å². The van der Waals surface area contributed by atoms with Gasteiger partial charge in [-0.1, -0.05) is 66.0 Å². The third kappa shape index (κ3) is 7.53. The van der Waals surface area contributed by atoms with Crippen LogP contribution in [0.1, 0.15) is 126 Å². The highest BCUT2D eigenvalue weighted by Crippen LogP contribution is 2.62. The van der Waals surface area contributed by atoms with Gasteiger partial charge >= 0.3 is 0 Å². The standard InChI is InChI=1S/C36H61NO8/c1-22(10-9-18-34(4,5)41)23-11-15-29(39)36(8)26-13-16-30(45-32-31(40)27(37(42)43)20-24(21-38)44-32)35(6,7)25(26)12-14-28(36)33(2,3)19-17-23/h12,22-24,26-28,30-32,38,40-41H,9-11,13-21H2,1-8H3/t22-,23?,24+,26?,27+,28?,30+,31-,32+,36+/m1/s1. The van der Waals surface area contributed by atoms with E-state index < -0.39 is 45.9 Å². The molecule has 3 N–H and O–H groups in total. The maximum absolute atomic E-state index is 14.5. The van der Waals surface area contributed by atoms with Crippen molar-refractivity contribution in [1.82, 2.24) is 0 Å². The molecule has 45 heavy (non-hydrogen) atoms. The second kappa shape index (κ2) is 13.6. The molecular weight excluding hydrogens is 574 g/mol. The summed E-state index contributed by atoms with van der Waals surface area (Å²) >= 11 is 0. The van der Waals surface area contributed by atoms with E-state index in [2.05, 4.69) is 47.6 Å². The van der Waals surface area contributed by atoms with Gasteiger partial charge in [0.05, 0.1) is 24.4 Å². The highest BCUT2D eigenvalue weighted by Gasteiger charge is 2.59. The maximum Gasteiger partial charge on any atom is 0.246 e. The number of ketones is 1. The summed E-state index contributed by atoms with van der Waals surface area (Å²) in [4.78, 5) is 25.7. The summed E-state index contributed by atoms with van der Waals surface area (Å²) in [5.41, 5.74) is -0.431. The number of aliphatic hydroxyl groups excluding tert-OH is 2. The van der Waals surface area contributed by atoms with Gasteiger partial charge in [0.1, 0.15) is 5.78 Å². The highest BCUT2D eigenvalue weighted by molar-refractivity contribution is 5.86. The number of fused-ring (bicyclic) bond motifs is 3. The Morgan fingerprint density at radius 2 is 1.84 bits per heavy atom. The SMILES string of the molecule is C[C@H](CCCC(C)(C)O)C1CCC(=O)[C@@]2(C)C3CC[C@H](O[C@@H]4O[C@H](CO)C[C@H]([N+](=O)[O-])[C@H]4O)C(C)(C)C3=CCC2C(C)(C)CC1. The molecule has 258 valence electrons. The maximum atomic E-state index is 14.5. The van der Waals surface area contributed by atoms with Gasteiger partial charge in [0, 0.05) is 28.6 Å². The quantitative estimate of drug-likeness (QED) is 0.154. The van der Waals surface area contributed by atoms with Crippen molar-refractivity contribution < 1.29 is 34.5 Å². The van der Waals surface area contributed by atoms with Crippen molar-refractivity contribution in [2.24, 2.45) is 39.9 Å². The van der Waals surface area contributed by atoms with Crippen molar-refractivity contribution in [1.29, 1.82) is 0 Å². The average molecular weight is 636 g/mol. The number of hydrogen-bond donors (Lipinski definition) is 3. The summed E-state index contributed by atoms with van der Waals surface area (Å²) in [6, 6.07) is -1.26. The smallest absolute Gasteiger partial charge is 0.246 e. The van der Waals surface area contributed by atoms with E-state index in [1.165, 1.54) is 5.57 Å². The van der Waals surface area contributed by atoms with Crippen LogP contribution in [0.2, 0.25) is 0 Å². The zero-order valence-electron chi connectivity index (χ0n) is 29.1. The van der Waals surface area contributed by atoms with E-state index in [-0.39, 0.29) is 36.4 Å². The molecule has 3 fully saturated rings. The Labute approximate surface area is 270 Å². The van der Waals surface area contributed by atoms with Crippen LogP contribution < -0.4 is 0 Å². The lowest BCUT2D eigenvalue weighted by Crippen LogP contribution is -2.58. The molecule has 0 aromatic rings. The minimum Gasteiger partial charge on any atom is -0.394 e. The van der Waals surface area contributed by atoms with E-state index >= 15 is 0 Å². The molecule has 0 spiro atoms. The molecule has 1 saturated heterocycles. The Kier molecular flexibility index (Phi) is 11.0. The number of Topliss-reactive ketones (excluding diaryl/α,β-unsaturated/α-hetero) is 1. The molecule has 9 heteroatoms. The van der Waals surface area contributed by atoms with E-state index in [9.17, 15) is 30.2 Å². The van der Waals surface area contributed by atoms with Crippen LogP contribution in [-0.2, 0) is 14.3 Å². The summed E-state index contributed by atoms with van der Waals surface area (Å²) in [6.45, 7) is 16.9. The minimum atomic E-state index is -1.43. The fourth-order valence-electron chi connectivity index (χ4n) is 9.63. The second-order valence-electron chi connectivity index (χ2n) is 17.0. The van der Waals surface area contributed by atoms with Crippen molar-refractivity contribution in [3.8, 4) is 0 Å². The fourth-order valence-corrected chi connectivity index (χ4v) is 9.63. The number of nitrogens with zero attached hydrogens (tertiary/aromatic N) is 1. The molecular formula is C36H61NO8. The predicted molar refractivity (Wildman–Crippen MR) is 173 cm³/mol. The first kappa shape index (κ1) is 36.4. The summed E-state index contributed by atoms with van der Waals surface area (Å²) in [7, 11) is 0. The first-order valence-corrected chi connectivity index (χ1v) is 17.5. The van der Waals surface area contributed by atoms with E-state index in [0.717, 1.165) is 51.4 Å². The fraction of sp³-hybridized carbons (Fsp3) is 0.917. The number of nitro groups is 1. The molecule has 1 aliphatic heterocycles. The van der Waals surface area contributed by atoms with Gasteiger partial charge in [-0.25, -0.2) is 0 Å². The minimum absolute atomic E-state index is 0.0176. The molecule has 3 aliphatic carbocycles. The van der Waals surface area contributed by atoms with Crippen molar-refractivity contribution in [2.45, 2.75) is 162 Å². The van der Waals surface area contributed by atoms with Gasteiger partial charge in [-0.3, -0.25) is 14.9 Å². The molecule has 0 bridgehead atoms. The monoisotopic (exact) mass is 635 g/mol. The van der Waals surface area contributed by atoms with Gasteiger partial charge in [-0.15, -0.1) is 0 Å². The molecule has 2 saturated carbocycles. The molecule has 4 rings (SSSR count). The van der Waals surface area contributed by atoms with Crippen LogP contribution in [0.4, 0.5) is 0 Å². The third-order valence-electron chi connectivity index (χ3n) is 12.6. The summed E-state index contributed by atoms with van der Waals surface area (Å²) < 4.78 is 12.2. The second-order valence-corrected chi connectivity index (χ2v) is 17.0. The van der Waals surface area contributed by atoms with Crippen molar-refractivity contribution in [3.63, 3.8) is 0 Å². The molecule has 0 radical (unpaired) electrons. The molecule has 0 amide bonds. The molecule has 1 heterocycles. The molecule has 0 aromatic heterocycles. The van der Waals surface area contributed by atoms with Gasteiger partial charge in [0.2, 0.25) is 6.04 Å². The van der Waals surface area contributed by atoms with Crippen LogP contribution in [0.3, 0.4) is 0 Å². The zero-order chi connectivity index (χ0) is 33.5. The van der Waals surface area contributed by atoms with Crippen LogP contribution in [0, 0.1) is 50.0 Å². The number of aliphatic hydroxyl groups is 3. The van der Waals surface area contributed by atoms with E-state index in [1.54, 1.807) is 0 Å². The molecule has 3 unspecified atom stereocenters. The van der Waals surface area contributed by atoms with E-state index in [1.807, 2.05) is 13.8 Å². The molecule has 0 aromatic carbocycles. The number of rotatable bonds is 9. The Hall–Kier alpha value is -1.39. The lowest BCUT2D eigenvalue weighted by atomic mass is 9.46. The number of carbonyl (C=O) groups is 1. The average Bonchev–Trinajstić information content (AvgIpc) is 2.97. The molecule has 9 nitrogen and oxygen atoms in total. The van der Waals surface area contributed by atoms with Gasteiger partial charge < -0.3 is 24.8 Å². The number of ether oxygens (including phenoxy) is 2. The highest BCUT2D eigenvalue weighted by atomic mass is 16.7. The van der Waals surface area contributed by atoms with Crippen molar-refractivity contribution in [2.75, 3.05) is 6.61 Å². The third-order valence-corrected chi connectivity index (χ3v) is 12.6. The zero-order valence-corrected chi connectivity index (χ0v) is 29.1. The topological polar surface area (TPSA) is 139 Å². The van der Waals surface area contributed by atoms with Crippen LogP contribution in [0.15, 0.2) is 11.6 Å². The first-order valence-electron chi connectivity index (χ1n) is 17.5. The Morgan fingerprint density at radius 3 is 2.47 bits per heavy atom. The predicted octanol–water partition coefficient (Wildman–Crippen LogP) is 6.24. The lowest BCUT2D eigenvalue weighted by molar-refractivity contribution is -0.552. The number of hydrogen-bond acceptors (Lipinski definition) is 8. The Morgan fingerprint density at radius 1 is 1.16 bits per heavy atom. The van der Waals surface area contributed by atoms with Crippen molar-refractivity contribution >= 4 is 5.78 Å². The van der Waals surface area contributed by atoms with Gasteiger partial charge in [-0.2, -0.15) is 0 Å². The van der Waals surface area contributed by atoms with Crippen LogP contribution in [0.25, 0.3) is 0 Å². The normalized spacial score (nSPS) is 39.4. The van der Waals surface area contributed by atoms with Gasteiger partial charge in [0.15, 0.2) is 12.4 Å². The number of allylic oxidation sites excluding steroid dienone is 1. The lowest BCUT2D eigenvalue weighted by Gasteiger charge is -2.58. The summed E-state index contributed by atoms with van der Waals surface area (Å²) in [5, 5.41) is 42.4. The van der Waals surface area contributed by atoms with Gasteiger partial charge in [-0.05, 0) is 87.9 Å². The summed E-state index contributed by atoms with van der Waals surface area (Å²) in [5.74, 6) is 1.65. The first-order chi connectivity index (χ1) is 20.8. The van der Waals surface area contributed by atoms with Crippen LogP contribution in [0.5, 0.6) is 0 Å². The van der Waals surface area contributed by atoms with E-state index in [0.29, 0.717) is 30.5 Å². The molecule has 10 atom stereocenters. The Balaban J connectivity index is 1.54. The largest absolute Gasteiger partial charge is 0.394 e. The van der Waals surface area contributed by atoms with Gasteiger partial charge in [0.25, 0.3) is 0 Å². The van der Waals surface area contributed by atoms with Crippen molar-refractivity contribution in [3.05, 3.63) is 21.8 Å². The van der Waals surface area contributed by atoms with E-state index in [4.69, 9.17) is 9.47 Å². The number of carbonyl (C=O) groups excluding carboxylic acids is 1.